The maximum absolute atomic E-state index is 12.9. The third-order valence-corrected chi connectivity index (χ3v) is 8.34. The molecule has 8 heteroatoms. The first-order chi connectivity index (χ1) is 16.2. The Kier molecular flexibility index (Phi) is 13.0. The van der Waals surface area contributed by atoms with Crippen molar-refractivity contribution < 1.29 is 27.6 Å². The molecule has 0 fully saturated rings. The van der Waals surface area contributed by atoms with Crippen LogP contribution in [-0.4, -0.2) is 47.1 Å². The van der Waals surface area contributed by atoms with Gasteiger partial charge in [-0.2, -0.15) is 0 Å². The first-order valence-corrected chi connectivity index (χ1v) is 13.6. The Hall–Kier alpha value is -2.26. The van der Waals surface area contributed by atoms with Gasteiger partial charge in [0.05, 0.1) is 11.5 Å². The molecule has 0 unspecified atom stereocenters. The fourth-order valence-corrected chi connectivity index (χ4v) is 5.82. The molecule has 0 aromatic heterocycles. The Labute approximate surface area is 205 Å². The van der Waals surface area contributed by atoms with Crippen molar-refractivity contribution in [3.8, 4) is 0 Å². The van der Waals surface area contributed by atoms with Crippen LogP contribution in [0.1, 0.15) is 65.5 Å². The predicted molar refractivity (Wildman–Crippen MR) is 136 cm³/mol. The highest BCUT2D eigenvalue weighted by molar-refractivity contribution is 6.68. The molecule has 0 radical (unpaired) electrons. The summed E-state index contributed by atoms with van der Waals surface area (Å²) in [5, 5.41) is 3.66. The monoisotopic (exact) mass is 491 g/mol. The van der Waals surface area contributed by atoms with E-state index in [-0.39, 0.29) is 24.9 Å². The third-order valence-electron chi connectivity index (χ3n) is 5.22. The summed E-state index contributed by atoms with van der Waals surface area (Å²) in [6.07, 6.45) is 2.74. The van der Waals surface area contributed by atoms with Crippen LogP contribution < -0.4 is 5.32 Å². The number of hydrogen-bond acceptors (Lipinski definition) is 6. The standard InChI is InChI=1S/C26H41NO6Si/c1-8-19-26(6,7)25(29)30-20-23(22-15-13-12-14-16-22)27-24(28)18-17-21(5)34(31-9-2,32-10-3)33-11-4/h8,12-16,23H,1,5,9-11,17-20H2,2-4,6-7H3,(H,27,28)/t23-/m0/s1. The van der Waals surface area contributed by atoms with Gasteiger partial charge in [0, 0.05) is 26.2 Å². The molecular formula is C26H41NO6Si. The molecular weight excluding hydrogens is 450 g/mol. The van der Waals surface area contributed by atoms with Crippen LogP contribution in [0.15, 0.2) is 54.8 Å². The van der Waals surface area contributed by atoms with E-state index in [9.17, 15) is 9.59 Å². The summed E-state index contributed by atoms with van der Waals surface area (Å²) in [7, 11) is -3.08. The number of rotatable bonds is 17. The number of benzene rings is 1. The highest BCUT2D eigenvalue weighted by Crippen LogP contribution is 2.25. The fourth-order valence-electron chi connectivity index (χ4n) is 3.39. The first-order valence-electron chi connectivity index (χ1n) is 11.9. The van der Waals surface area contributed by atoms with E-state index in [1.165, 1.54) is 0 Å². The Morgan fingerprint density at radius 3 is 2.09 bits per heavy atom. The van der Waals surface area contributed by atoms with Crippen LogP contribution in [0, 0.1) is 5.41 Å². The van der Waals surface area contributed by atoms with Gasteiger partial charge >= 0.3 is 14.8 Å². The average molecular weight is 492 g/mol. The van der Waals surface area contributed by atoms with Crippen molar-refractivity contribution in [2.75, 3.05) is 26.4 Å². The molecule has 0 saturated heterocycles. The van der Waals surface area contributed by atoms with Crippen LogP contribution in [0.5, 0.6) is 0 Å². The number of carbonyl (C=O) groups is 2. The van der Waals surface area contributed by atoms with Gasteiger partial charge in [0.2, 0.25) is 5.91 Å². The molecule has 1 N–H and O–H groups in total. The summed E-state index contributed by atoms with van der Waals surface area (Å²) in [6.45, 7) is 18.4. The minimum atomic E-state index is -3.08. The number of esters is 1. The maximum Gasteiger partial charge on any atom is 0.532 e. The minimum Gasteiger partial charge on any atom is -0.463 e. The predicted octanol–water partition coefficient (Wildman–Crippen LogP) is 4.91. The molecule has 0 heterocycles. The lowest BCUT2D eigenvalue weighted by Gasteiger charge is -2.30. The lowest BCUT2D eigenvalue weighted by molar-refractivity contribution is -0.155. The van der Waals surface area contributed by atoms with Crippen LogP contribution >= 0.6 is 0 Å². The van der Waals surface area contributed by atoms with Gasteiger partial charge in [0.25, 0.3) is 0 Å². The van der Waals surface area contributed by atoms with E-state index in [0.717, 1.165) is 5.56 Å². The Bertz CT molecular complexity index is 779. The second kappa shape index (κ2) is 14.9. The van der Waals surface area contributed by atoms with Crippen LogP contribution in [0.3, 0.4) is 0 Å². The molecule has 7 nitrogen and oxygen atoms in total. The lowest BCUT2D eigenvalue weighted by Crippen LogP contribution is -2.48. The van der Waals surface area contributed by atoms with Crippen LogP contribution in [0.2, 0.25) is 0 Å². The first kappa shape index (κ1) is 29.8. The molecule has 1 aromatic carbocycles. The summed E-state index contributed by atoms with van der Waals surface area (Å²) >= 11 is 0. The summed E-state index contributed by atoms with van der Waals surface area (Å²) < 4.78 is 23.2. The molecule has 190 valence electrons. The third kappa shape index (κ3) is 9.17. The number of allylic oxidation sites excluding steroid dienone is 2. The molecule has 34 heavy (non-hydrogen) atoms. The second-order valence-electron chi connectivity index (χ2n) is 8.46. The normalized spacial score (nSPS) is 12.6. The van der Waals surface area contributed by atoms with Gasteiger partial charge in [-0.3, -0.25) is 9.59 Å². The zero-order valence-corrected chi connectivity index (χ0v) is 22.4. The zero-order valence-electron chi connectivity index (χ0n) is 21.4. The molecule has 1 aromatic rings. The summed E-state index contributed by atoms with van der Waals surface area (Å²) in [4.78, 5) is 25.4. The lowest BCUT2D eigenvalue weighted by atomic mass is 9.90. The van der Waals surface area contributed by atoms with Crippen molar-refractivity contribution in [3.63, 3.8) is 0 Å². The van der Waals surface area contributed by atoms with Gasteiger partial charge in [0.1, 0.15) is 6.61 Å². The van der Waals surface area contributed by atoms with E-state index in [2.05, 4.69) is 18.5 Å². The van der Waals surface area contributed by atoms with Crippen LogP contribution in [0.25, 0.3) is 0 Å². The highest BCUT2D eigenvalue weighted by atomic mass is 28.4. The number of hydrogen-bond donors (Lipinski definition) is 1. The molecule has 0 saturated carbocycles. The molecule has 1 atom stereocenters. The largest absolute Gasteiger partial charge is 0.532 e. The van der Waals surface area contributed by atoms with E-state index in [0.29, 0.717) is 37.9 Å². The minimum absolute atomic E-state index is 0.0334. The second-order valence-corrected chi connectivity index (χ2v) is 11.2. The van der Waals surface area contributed by atoms with E-state index in [4.69, 9.17) is 18.0 Å². The summed E-state index contributed by atoms with van der Waals surface area (Å²) in [5.74, 6) is -0.527. The van der Waals surface area contributed by atoms with E-state index >= 15 is 0 Å². The van der Waals surface area contributed by atoms with Crippen molar-refractivity contribution in [2.45, 2.75) is 59.9 Å². The van der Waals surface area contributed by atoms with E-state index in [1.807, 2.05) is 65.0 Å². The van der Waals surface area contributed by atoms with Gasteiger partial charge in [-0.15, -0.1) is 6.58 Å². The smallest absolute Gasteiger partial charge is 0.463 e. The molecule has 0 spiro atoms. The van der Waals surface area contributed by atoms with Gasteiger partial charge in [-0.05, 0) is 58.2 Å². The quantitative estimate of drug-likeness (QED) is 0.189. The number of amides is 1. The number of ether oxygens (including phenoxy) is 1. The Morgan fingerprint density at radius 2 is 1.59 bits per heavy atom. The Balaban J connectivity index is 2.86. The highest BCUT2D eigenvalue weighted by Gasteiger charge is 2.44. The van der Waals surface area contributed by atoms with Crippen molar-refractivity contribution in [2.24, 2.45) is 5.41 Å². The molecule has 0 aliphatic heterocycles. The van der Waals surface area contributed by atoms with Gasteiger partial charge in [0.15, 0.2) is 0 Å². The molecule has 0 aliphatic rings. The average Bonchev–Trinajstić information content (AvgIpc) is 2.80. The topological polar surface area (TPSA) is 83.1 Å². The summed E-state index contributed by atoms with van der Waals surface area (Å²) in [5.41, 5.74) is 0.168. The summed E-state index contributed by atoms with van der Waals surface area (Å²) in [6, 6.07) is 8.97. The van der Waals surface area contributed by atoms with Crippen molar-refractivity contribution in [1.29, 1.82) is 0 Å². The molecule has 1 rings (SSSR count). The Morgan fingerprint density at radius 1 is 1.03 bits per heavy atom. The molecule has 0 aliphatic carbocycles. The fraction of sp³-hybridized carbons (Fsp3) is 0.538. The number of carbonyl (C=O) groups excluding carboxylic acids is 2. The zero-order chi connectivity index (χ0) is 25.6. The van der Waals surface area contributed by atoms with Crippen molar-refractivity contribution >= 4 is 20.7 Å². The van der Waals surface area contributed by atoms with Gasteiger partial charge in [-0.1, -0.05) is 43.0 Å². The van der Waals surface area contributed by atoms with E-state index in [1.54, 1.807) is 6.08 Å². The van der Waals surface area contributed by atoms with Crippen LogP contribution in [-0.2, 0) is 27.6 Å². The maximum atomic E-state index is 12.9. The molecule has 0 bridgehead atoms. The molecule has 1 amide bonds. The van der Waals surface area contributed by atoms with Crippen molar-refractivity contribution in [3.05, 3.63) is 60.3 Å². The SMILES string of the molecule is C=CCC(C)(C)C(=O)OC[C@H](NC(=O)CCC(=C)[Si](OCC)(OCC)OCC)c1ccccc1. The van der Waals surface area contributed by atoms with Crippen LogP contribution in [0.4, 0.5) is 0 Å². The van der Waals surface area contributed by atoms with Gasteiger partial charge < -0.3 is 23.3 Å². The van der Waals surface area contributed by atoms with Crippen molar-refractivity contribution in [1.82, 2.24) is 5.32 Å². The number of nitrogens with one attached hydrogen (secondary N) is 1. The van der Waals surface area contributed by atoms with Gasteiger partial charge in [-0.25, -0.2) is 0 Å². The van der Waals surface area contributed by atoms with E-state index < -0.39 is 20.3 Å².